The summed E-state index contributed by atoms with van der Waals surface area (Å²) in [5, 5.41) is 7.24. The maximum absolute atomic E-state index is 5.11. The van der Waals surface area contributed by atoms with Crippen molar-refractivity contribution in [3.8, 4) is 0 Å². The average Bonchev–Trinajstić information content (AvgIpc) is 1.83. The van der Waals surface area contributed by atoms with E-state index >= 15 is 0 Å². The van der Waals surface area contributed by atoms with Crippen LogP contribution in [0.15, 0.2) is 34.4 Å². The minimum atomic E-state index is 0.233. The summed E-state index contributed by atoms with van der Waals surface area (Å²) in [7, 11) is 0. The Bertz CT molecular complexity index is 156. The Morgan fingerprint density at radius 1 is 1.56 bits per heavy atom. The number of nitrogens with zero attached hydrogens (tertiary/aromatic N) is 2. The fourth-order valence-electron chi connectivity index (χ4n) is 0.201. The van der Waals surface area contributed by atoms with Gasteiger partial charge in [-0.2, -0.15) is 5.11 Å². The van der Waals surface area contributed by atoms with Gasteiger partial charge >= 0.3 is 0 Å². The van der Waals surface area contributed by atoms with Crippen molar-refractivity contribution in [2.24, 2.45) is 16.0 Å². The third kappa shape index (κ3) is 4.74. The number of hydrogen-bond donors (Lipinski definition) is 1. The Balaban J connectivity index is 3.86. The van der Waals surface area contributed by atoms with Crippen molar-refractivity contribution in [3.05, 3.63) is 24.2 Å². The summed E-state index contributed by atoms with van der Waals surface area (Å²) in [5.41, 5.74) is 5.95. The van der Waals surface area contributed by atoms with Crippen LogP contribution in [-0.4, -0.2) is 0 Å². The predicted molar refractivity (Wildman–Crippen MR) is 37.6 cm³/mol. The van der Waals surface area contributed by atoms with Gasteiger partial charge in [-0.1, -0.05) is 12.7 Å². The van der Waals surface area contributed by atoms with E-state index in [-0.39, 0.29) is 5.82 Å². The lowest BCUT2D eigenvalue weighted by atomic mass is 10.5. The summed E-state index contributed by atoms with van der Waals surface area (Å²) in [6.07, 6.45) is 1.84. The topological polar surface area (TPSA) is 50.7 Å². The highest BCUT2D eigenvalue weighted by Crippen LogP contribution is 1.95. The van der Waals surface area contributed by atoms with Gasteiger partial charge < -0.3 is 5.73 Å². The number of nitrogens with two attached hydrogens (primary N) is 1. The summed E-state index contributed by atoms with van der Waals surface area (Å²) >= 11 is 0. The zero-order valence-electron chi connectivity index (χ0n) is 5.76. The lowest BCUT2D eigenvalue weighted by Crippen LogP contribution is -1.87. The molecule has 0 radical (unpaired) electrons. The van der Waals surface area contributed by atoms with Gasteiger partial charge in [-0.15, -0.1) is 5.11 Å². The molecule has 0 aliphatic rings. The van der Waals surface area contributed by atoms with Crippen molar-refractivity contribution in [2.75, 3.05) is 0 Å². The highest BCUT2D eigenvalue weighted by Gasteiger charge is 1.78. The molecule has 0 aromatic carbocycles. The number of allylic oxidation sites excluding steroid dienone is 2. The van der Waals surface area contributed by atoms with Crippen molar-refractivity contribution in [1.82, 2.24) is 0 Å². The van der Waals surface area contributed by atoms with Gasteiger partial charge in [0.05, 0.1) is 5.70 Å². The minimum absolute atomic E-state index is 0.233. The SMILES string of the molecule is C=C(N)/N=N\C(C)=C/C. The molecular weight excluding hydrogens is 114 g/mol. The molecule has 0 atom stereocenters. The monoisotopic (exact) mass is 125 g/mol. The van der Waals surface area contributed by atoms with E-state index in [1.165, 1.54) is 0 Å². The van der Waals surface area contributed by atoms with Crippen molar-refractivity contribution < 1.29 is 0 Å². The quantitative estimate of drug-likeness (QED) is 0.562. The molecule has 0 spiro atoms. The molecule has 0 saturated heterocycles. The highest BCUT2D eigenvalue weighted by atomic mass is 15.1. The molecule has 0 aliphatic carbocycles. The van der Waals surface area contributed by atoms with Crippen molar-refractivity contribution in [3.63, 3.8) is 0 Å². The van der Waals surface area contributed by atoms with E-state index in [0.717, 1.165) is 5.70 Å². The van der Waals surface area contributed by atoms with Gasteiger partial charge in [-0.25, -0.2) is 0 Å². The molecular formula is C6H11N3. The van der Waals surface area contributed by atoms with Gasteiger partial charge in [-0.05, 0) is 13.8 Å². The molecule has 0 aromatic heterocycles. The Morgan fingerprint density at radius 3 is 2.44 bits per heavy atom. The smallest absolute Gasteiger partial charge is 0.138 e. The largest absolute Gasteiger partial charge is 0.383 e. The standard InChI is InChI=1S/C6H11N3/c1-4-5(2)8-9-6(3)7/h4H,3,7H2,1-2H3/b5-4-,9-8-. The van der Waals surface area contributed by atoms with E-state index in [1.807, 2.05) is 19.9 Å². The van der Waals surface area contributed by atoms with Crippen molar-refractivity contribution in [2.45, 2.75) is 13.8 Å². The van der Waals surface area contributed by atoms with Crippen LogP contribution >= 0.6 is 0 Å². The molecule has 0 unspecified atom stereocenters. The minimum Gasteiger partial charge on any atom is -0.383 e. The first-order valence-electron chi connectivity index (χ1n) is 2.66. The molecule has 0 heterocycles. The lowest BCUT2D eigenvalue weighted by Gasteiger charge is -1.85. The molecule has 0 saturated carbocycles. The summed E-state index contributed by atoms with van der Waals surface area (Å²) < 4.78 is 0. The average molecular weight is 125 g/mol. The van der Waals surface area contributed by atoms with Gasteiger partial charge in [0.15, 0.2) is 0 Å². The summed E-state index contributed by atoms with van der Waals surface area (Å²) in [5.74, 6) is 0.233. The summed E-state index contributed by atoms with van der Waals surface area (Å²) in [6, 6.07) is 0. The maximum Gasteiger partial charge on any atom is 0.138 e. The molecule has 0 aliphatic heterocycles. The van der Waals surface area contributed by atoms with E-state index in [9.17, 15) is 0 Å². The van der Waals surface area contributed by atoms with Crippen LogP contribution in [0.3, 0.4) is 0 Å². The van der Waals surface area contributed by atoms with Crippen LogP contribution < -0.4 is 5.73 Å². The summed E-state index contributed by atoms with van der Waals surface area (Å²) in [6.45, 7) is 7.07. The molecule has 3 heteroatoms. The zero-order chi connectivity index (χ0) is 7.28. The van der Waals surface area contributed by atoms with Crippen LogP contribution in [0.1, 0.15) is 13.8 Å². The fourth-order valence-corrected chi connectivity index (χ4v) is 0.201. The van der Waals surface area contributed by atoms with Crippen molar-refractivity contribution >= 4 is 0 Å². The van der Waals surface area contributed by atoms with Gasteiger partial charge in [0.1, 0.15) is 5.82 Å². The maximum atomic E-state index is 5.11. The van der Waals surface area contributed by atoms with E-state index in [2.05, 4.69) is 16.8 Å². The lowest BCUT2D eigenvalue weighted by molar-refractivity contribution is 1.04. The Morgan fingerprint density at radius 2 is 2.11 bits per heavy atom. The van der Waals surface area contributed by atoms with E-state index in [0.29, 0.717) is 0 Å². The first kappa shape index (κ1) is 7.88. The second kappa shape index (κ2) is 3.83. The molecule has 0 rings (SSSR count). The third-order valence-electron chi connectivity index (χ3n) is 0.754. The Kier molecular flexibility index (Phi) is 3.35. The van der Waals surface area contributed by atoms with E-state index < -0.39 is 0 Å². The predicted octanol–water partition coefficient (Wildman–Crippen LogP) is 1.79. The second-order valence-corrected chi connectivity index (χ2v) is 1.62. The van der Waals surface area contributed by atoms with Crippen molar-refractivity contribution in [1.29, 1.82) is 0 Å². The molecule has 0 aromatic rings. The molecule has 0 amide bonds. The normalized spacial score (nSPS) is 12.4. The third-order valence-corrected chi connectivity index (χ3v) is 0.754. The van der Waals surface area contributed by atoms with Crippen LogP contribution in [0, 0.1) is 0 Å². The molecule has 2 N–H and O–H groups in total. The first-order valence-corrected chi connectivity index (χ1v) is 2.66. The van der Waals surface area contributed by atoms with Gasteiger partial charge in [-0.3, -0.25) is 0 Å². The van der Waals surface area contributed by atoms with Crippen LogP contribution in [-0.2, 0) is 0 Å². The van der Waals surface area contributed by atoms with E-state index in [1.54, 1.807) is 0 Å². The van der Waals surface area contributed by atoms with Gasteiger partial charge in [0.2, 0.25) is 0 Å². The van der Waals surface area contributed by atoms with E-state index in [4.69, 9.17) is 5.73 Å². The van der Waals surface area contributed by atoms with Gasteiger partial charge in [0, 0.05) is 0 Å². The number of hydrogen-bond acceptors (Lipinski definition) is 3. The molecule has 9 heavy (non-hydrogen) atoms. The number of azo groups is 1. The molecule has 3 nitrogen and oxygen atoms in total. The number of rotatable bonds is 2. The Labute approximate surface area is 55.0 Å². The summed E-state index contributed by atoms with van der Waals surface area (Å²) in [4.78, 5) is 0. The van der Waals surface area contributed by atoms with Crippen LogP contribution in [0.2, 0.25) is 0 Å². The molecule has 0 fully saturated rings. The van der Waals surface area contributed by atoms with Crippen LogP contribution in [0.5, 0.6) is 0 Å². The Hall–Kier alpha value is -1.12. The highest BCUT2D eigenvalue weighted by molar-refractivity contribution is 4.93. The second-order valence-electron chi connectivity index (χ2n) is 1.62. The zero-order valence-corrected chi connectivity index (χ0v) is 5.76. The fraction of sp³-hybridized carbons (Fsp3) is 0.333. The van der Waals surface area contributed by atoms with Gasteiger partial charge in [0.25, 0.3) is 0 Å². The first-order chi connectivity index (χ1) is 4.16. The molecule has 0 bridgehead atoms. The molecule has 50 valence electrons. The van der Waals surface area contributed by atoms with Crippen LogP contribution in [0.25, 0.3) is 0 Å². The van der Waals surface area contributed by atoms with Crippen LogP contribution in [0.4, 0.5) is 0 Å².